The monoisotopic (exact) mass is 421 g/mol. The van der Waals surface area contributed by atoms with Gasteiger partial charge in [0.2, 0.25) is 0 Å². The van der Waals surface area contributed by atoms with Gasteiger partial charge < -0.3 is 4.74 Å². The Bertz CT molecular complexity index is 884. The molecule has 1 aromatic carbocycles. The van der Waals surface area contributed by atoms with E-state index in [-0.39, 0.29) is 28.7 Å². The number of carbonyl (C=O) groups excluding carboxylic acids is 2. The summed E-state index contributed by atoms with van der Waals surface area (Å²) in [6.07, 6.45) is 0.153. The van der Waals surface area contributed by atoms with Crippen molar-refractivity contribution in [2.75, 3.05) is 6.54 Å². The zero-order chi connectivity index (χ0) is 20.3. The summed E-state index contributed by atoms with van der Waals surface area (Å²) in [7, 11) is 0. The van der Waals surface area contributed by atoms with E-state index in [0.717, 1.165) is 10.7 Å². The van der Waals surface area contributed by atoms with Crippen LogP contribution in [0.1, 0.15) is 35.7 Å². The maximum absolute atomic E-state index is 12.7. The molecule has 10 heteroatoms. The Kier molecular flexibility index (Phi) is 6.30. The topological polar surface area (TPSA) is 103 Å². The lowest BCUT2D eigenvalue weighted by Crippen LogP contribution is -2.32. The van der Waals surface area contributed by atoms with Gasteiger partial charge in [0.05, 0.1) is 21.7 Å². The number of ether oxygens (including phenoxy) is 1. The molecule has 0 saturated carbocycles. The number of carbonyl (C=O) groups is 2. The lowest BCUT2D eigenvalue weighted by Gasteiger charge is -2.22. The Labute approximate surface area is 170 Å². The van der Waals surface area contributed by atoms with Crippen LogP contribution in [0.15, 0.2) is 29.6 Å². The Balaban J connectivity index is 1.68. The van der Waals surface area contributed by atoms with Gasteiger partial charge in [0.15, 0.2) is 5.12 Å². The minimum Gasteiger partial charge on any atom is -0.445 e. The van der Waals surface area contributed by atoms with E-state index in [1.807, 2.05) is 12.3 Å². The SMILES string of the molecule is CC(=O)S[C@H]1C[C@@H](c2csc(C)n2)N(C(=O)OCc2ccc([N+](=O)[O-])cc2)C1. The molecule has 3 rings (SSSR count). The van der Waals surface area contributed by atoms with Crippen molar-refractivity contribution in [3.8, 4) is 0 Å². The normalized spacial score (nSPS) is 18.9. The summed E-state index contributed by atoms with van der Waals surface area (Å²) >= 11 is 2.75. The van der Waals surface area contributed by atoms with Gasteiger partial charge in [-0.3, -0.25) is 19.8 Å². The summed E-state index contributed by atoms with van der Waals surface area (Å²) in [5.41, 5.74) is 1.45. The van der Waals surface area contributed by atoms with E-state index in [0.29, 0.717) is 18.5 Å². The Morgan fingerprint density at radius 1 is 1.39 bits per heavy atom. The highest BCUT2D eigenvalue weighted by Gasteiger charge is 2.39. The average Bonchev–Trinajstić information content (AvgIpc) is 3.25. The second-order valence-electron chi connectivity index (χ2n) is 6.40. The largest absolute Gasteiger partial charge is 0.445 e. The van der Waals surface area contributed by atoms with Crippen molar-refractivity contribution in [2.45, 2.75) is 38.2 Å². The van der Waals surface area contributed by atoms with Crippen LogP contribution in [-0.2, 0) is 16.1 Å². The number of thiazole rings is 1. The van der Waals surface area contributed by atoms with Crippen molar-refractivity contribution >= 4 is 40.0 Å². The van der Waals surface area contributed by atoms with Gasteiger partial charge in [-0.05, 0) is 31.0 Å². The molecule has 1 amide bonds. The number of hydrogen-bond acceptors (Lipinski definition) is 8. The van der Waals surface area contributed by atoms with Gasteiger partial charge in [-0.15, -0.1) is 11.3 Å². The van der Waals surface area contributed by atoms with Crippen molar-refractivity contribution in [1.29, 1.82) is 0 Å². The van der Waals surface area contributed by atoms with Gasteiger partial charge in [-0.1, -0.05) is 11.8 Å². The molecule has 1 aromatic heterocycles. The summed E-state index contributed by atoms with van der Waals surface area (Å²) in [4.78, 5) is 40.5. The molecule has 0 unspecified atom stereocenters. The fourth-order valence-corrected chi connectivity index (χ4v) is 4.72. The summed E-state index contributed by atoms with van der Waals surface area (Å²) < 4.78 is 5.42. The molecule has 2 heterocycles. The minimum absolute atomic E-state index is 0.00330. The van der Waals surface area contributed by atoms with Crippen LogP contribution in [-0.4, -0.2) is 37.8 Å². The van der Waals surface area contributed by atoms with Crippen LogP contribution in [0.25, 0.3) is 0 Å². The molecule has 1 saturated heterocycles. The molecular formula is C18H19N3O5S2. The number of thioether (sulfide) groups is 1. The number of benzene rings is 1. The van der Waals surface area contributed by atoms with Crippen LogP contribution >= 0.6 is 23.1 Å². The fourth-order valence-electron chi connectivity index (χ4n) is 3.07. The second kappa shape index (κ2) is 8.70. The quantitative estimate of drug-likeness (QED) is 0.529. The zero-order valence-electron chi connectivity index (χ0n) is 15.4. The van der Waals surface area contributed by atoms with Crippen LogP contribution in [0.5, 0.6) is 0 Å². The van der Waals surface area contributed by atoms with Crippen LogP contribution in [0, 0.1) is 17.0 Å². The van der Waals surface area contributed by atoms with E-state index in [2.05, 4.69) is 4.98 Å². The first-order valence-electron chi connectivity index (χ1n) is 8.59. The molecule has 148 valence electrons. The van der Waals surface area contributed by atoms with Crippen molar-refractivity contribution in [3.05, 3.63) is 56.0 Å². The Hall–Kier alpha value is -2.46. The van der Waals surface area contributed by atoms with Gasteiger partial charge in [0, 0.05) is 36.2 Å². The van der Waals surface area contributed by atoms with Crippen LogP contribution in [0.4, 0.5) is 10.5 Å². The number of likely N-dealkylation sites (tertiary alicyclic amines) is 1. The molecule has 0 radical (unpaired) electrons. The number of rotatable bonds is 5. The van der Waals surface area contributed by atoms with Crippen molar-refractivity contribution in [3.63, 3.8) is 0 Å². The van der Waals surface area contributed by atoms with Crippen molar-refractivity contribution in [1.82, 2.24) is 9.88 Å². The smallest absolute Gasteiger partial charge is 0.410 e. The van der Waals surface area contributed by atoms with E-state index >= 15 is 0 Å². The lowest BCUT2D eigenvalue weighted by molar-refractivity contribution is -0.384. The summed E-state index contributed by atoms with van der Waals surface area (Å²) in [6.45, 7) is 3.84. The molecule has 1 fully saturated rings. The molecule has 1 aliphatic rings. The van der Waals surface area contributed by atoms with Gasteiger partial charge in [-0.25, -0.2) is 9.78 Å². The number of hydrogen-bond donors (Lipinski definition) is 0. The standard InChI is InChI=1S/C18H19N3O5S2/c1-11-19-16(10-27-11)17-7-15(28-12(2)22)8-20(17)18(23)26-9-13-3-5-14(6-4-13)21(24)25/h3-6,10,15,17H,7-9H2,1-2H3/t15-,17-/m0/s1. The van der Waals surface area contributed by atoms with Crippen LogP contribution < -0.4 is 0 Å². The zero-order valence-corrected chi connectivity index (χ0v) is 17.0. The predicted molar refractivity (Wildman–Crippen MR) is 106 cm³/mol. The highest BCUT2D eigenvalue weighted by atomic mass is 32.2. The number of nitrogens with zero attached hydrogens (tertiary/aromatic N) is 3. The summed E-state index contributed by atoms with van der Waals surface area (Å²) in [5, 5.41) is 13.6. The van der Waals surface area contributed by atoms with Gasteiger partial charge in [-0.2, -0.15) is 0 Å². The number of aromatic nitrogens is 1. The van der Waals surface area contributed by atoms with Crippen molar-refractivity contribution in [2.24, 2.45) is 0 Å². The first kappa shape index (κ1) is 20.3. The molecule has 1 aliphatic heterocycles. The molecule has 8 nitrogen and oxygen atoms in total. The van der Waals surface area contributed by atoms with E-state index in [4.69, 9.17) is 4.74 Å². The number of non-ortho nitro benzene ring substituents is 1. The van der Waals surface area contributed by atoms with Gasteiger partial charge in [0.25, 0.3) is 5.69 Å². The van der Waals surface area contributed by atoms with Gasteiger partial charge in [0.1, 0.15) is 6.61 Å². The fraction of sp³-hybridized carbons (Fsp3) is 0.389. The Morgan fingerprint density at radius 2 is 2.11 bits per heavy atom. The molecule has 0 spiro atoms. The summed E-state index contributed by atoms with van der Waals surface area (Å²) in [6, 6.07) is 5.64. The maximum Gasteiger partial charge on any atom is 0.410 e. The molecule has 28 heavy (non-hydrogen) atoms. The predicted octanol–water partition coefficient (Wildman–Crippen LogP) is 4.09. The van der Waals surface area contributed by atoms with E-state index in [1.165, 1.54) is 42.2 Å². The highest BCUT2D eigenvalue weighted by Crippen LogP contribution is 2.38. The first-order valence-corrected chi connectivity index (χ1v) is 10.4. The Morgan fingerprint density at radius 3 is 2.68 bits per heavy atom. The number of nitro benzene ring substituents is 1. The molecule has 2 aromatic rings. The molecule has 2 atom stereocenters. The molecular weight excluding hydrogens is 402 g/mol. The number of nitro groups is 1. The highest BCUT2D eigenvalue weighted by molar-refractivity contribution is 8.14. The minimum atomic E-state index is -0.486. The average molecular weight is 422 g/mol. The molecule has 0 aliphatic carbocycles. The van der Waals surface area contributed by atoms with E-state index < -0.39 is 11.0 Å². The maximum atomic E-state index is 12.7. The number of amides is 1. The summed E-state index contributed by atoms with van der Waals surface area (Å²) in [5.74, 6) is 0. The lowest BCUT2D eigenvalue weighted by atomic mass is 10.2. The van der Waals surface area contributed by atoms with E-state index in [1.54, 1.807) is 17.0 Å². The van der Waals surface area contributed by atoms with E-state index in [9.17, 15) is 19.7 Å². The third-order valence-corrected chi connectivity index (χ3v) is 6.12. The first-order chi connectivity index (χ1) is 13.3. The van der Waals surface area contributed by atoms with Crippen molar-refractivity contribution < 1.29 is 19.2 Å². The number of aryl methyl sites for hydroxylation is 1. The third-order valence-electron chi connectivity index (χ3n) is 4.32. The van der Waals surface area contributed by atoms with Crippen LogP contribution in [0.3, 0.4) is 0 Å². The molecule has 0 N–H and O–H groups in total. The van der Waals surface area contributed by atoms with Crippen LogP contribution in [0.2, 0.25) is 0 Å². The second-order valence-corrected chi connectivity index (χ2v) is 8.94. The third kappa shape index (κ3) is 4.87. The molecule has 0 bridgehead atoms. The van der Waals surface area contributed by atoms with Gasteiger partial charge >= 0.3 is 6.09 Å².